The van der Waals surface area contributed by atoms with Crippen LogP contribution in [0.3, 0.4) is 0 Å². The average Bonchev–Trinajstić information content (AvgIpc) is 3.51. The molecule has 4 rings (SSSR count). The van der Waals surface area contributed by atoms with Crippen LogP contribution >= 0.6 is 11.8 Å². The predicted octanol–water partition coefficient (Wildman–Crippen LogP) is 2.04. The van der Waals surface area contributed by atoms with Gasteiger partial charge in [-0.1, -0.05) is 54.2 Å². The van der Waals surface area contributed by atoms with Crippen LogP contribution in [0.5, 0.6) is 5.75 Å². The van der Waals surface area contributed by atoms with Gasteiger partial charge in [-0.2, -0.15) is 0 Å². The smallest absolute Gasteiger partial charge is 0.349 e. The van der Waals surface area contributed by atoms with Crippen molar-refractivity contribution in [2.24, 2.45) is 0 Å². The Hall–Kier alpha value is -2.84. The van der Waals surface area contributed by atoms with Gasteiger partial charge < -0.3 is 14.8 Å². The molecule has 7 nitrogen and oxygen atoms in total. The zero-order valence-electron chi connectivity index (χ0n) is 15.5. The largest absolute Gasteiger partial charge is 0.477 e. The van der Waals surface area contributed by atoms with Crippen molar-refractivity contribution in [1.29, 1.82) is 0 Å². The minimum atomic E-state index is -0.724. The molecule has 2 saturated heterocycles. The van der Waals surface area contributed by atoms with Crippen LogP contribution in [0, 0.1) is 0 Å². The molecule has 150 valence electrons. The average molecular weight is 412 g/mol. The first-order chi connectivity index (χ1) is 14.1. The quantitative estimate of drug-likeness (QED) is 0.505. The maximum absolute atomic E-state index is 12.5. The number of thioether (sulfide) groups is 1. The Kier molecular flexibility index (Phi) is 5.82. The van der Waals surface area contributed by atoms with Gasteiger partial charge in [0.05, 0.1) is 11.3 Å². The molecule has 2 aromatic rings. The molecule has 0 radical (unpaired) electrons. The maximum Gasteiger partial charge on any atom is 0.349 e. The van der Waals surface area contributed by atoms with Gasteiger partial charge in [0.1, 0.15) is 12.4 Å². The summed E-state index contributed by atoms with van der Waals surface area (Å²) in [6, 6.07) is 16.6. The molecule has 0 aromatic heterocycles. The predicted molar refractivity (Wildman–Crippen MR) is 108 cm³/mol. The van der Waals surface area contributed by atoms with Crippen LogP contribution in [-0.4, -0.2) is 41.1 Å². The van der Waals surface area contributed by atoms with E-state index in [0.29, 0.717) is 18.7 Å². The van der Waals surface area contributed by atoms with Crippen LogP contribution < -0.4 is 15.4 Å². The van der Waals surface area contributed by atoms with Crippen LogP contribution in [0.4, 0.5) is 4.79 Å². The zero-order chi connectivity index (χ0) is 20.2. The van der Waals surface area contributed by atoms with Crippen molar-refractivity contribution in [3.63, 3.8) is 0 Å². The van der Waals surface area contributed by atoms with E-state index in [2.05, 4.69) is 10.6 Å². The molecule has 2 aromatic carbocycles. The molecule has 8 heteroatoms. The summed E-state index contributed by atoms with van der Waals surface area (Å²) in [5, 5.41) is 4.66. The molecule has 0 bridgehead atoms. The van der Waals surface area contributed by atoms with Crippen molar-refractivity contribution >= 4 is 28.9 Å². The third kappa shape index (κ3) is 5.16. The molecule has 0 saturated carbocycles. The van der Waals surface area contributed by atoms with E-state index in [1.807, 2.05) is 42.5 Å². The van der Waals surface area contributed by atoms with Gasteiger partial charge in [-0.25, -0.2) is 4.79 Å². The van der Waals surface area contributed by atoms with E-state index in [0.717, 1.165) is 22.9 Å². The van der Waals surface area contributed by atoms with Crippen molar-refractivity contribution in [2.45, 2.75) is 30.4 Å². The number of esters is 1. The number of rotatable bonds is 8. The van der Waals surface area contributed by atoms with Gasteiger partial charge in [-0.05, 0) is 29.7 Å². The number of benzene rings is 2. The summed E-state index contributed by atoms with van der Waals surface area (Å²) in [4.78, 5) is 35.5. The lowest BCUT2D eigenvalue weighted by Gasteiger charge is -2.17. The van der Waals surface area contributed by atoms with Gasteiger partial charge in [0.2, 0.25) is 12.0 Å². The van der Waals surface area contributed by atoms with E-state index in [9.17, 15) is 14.4 Å². The normalized spacial score (nSPS) is 21.4. The second-order valence-corrected chi connectivity index (χ2v) is 8.05. The van der Waals surface area contributed by atoms with Crippen LogP contribution in [0.15, 0.2) is 54.6 Å². The SMILES string of the molecule is O=C1NC(=O)C(Cc2ccc(OC(C(=O)OCc3ccccc3)[C@H]3CN3)cc2)S1. The molecule has 0 spiro atoms. The lowest BCUT2D eigenvalue weighted by atomic mass is 10.1. The highest BCUT2D eigenvalue weighted by Gasteiger charge is 2.39. The lowest BCUT2D eigenvalue weighted by molar-refractivity contribution is -0.153. The number of amides is 2. The van der Waals surface area contributed by atoms with E-state index < -0.39 is 17.3 Å². The standard InChI is InChI=1S/C21H20N2O5S/c24-19-17(29-21(26)23-19)10-13-6-8-15(9-7-13)28-18(16-11-22-16)20(25)27-12-14-4-2-1-3-5-14/h1-9,16-18,22H,10-12H2,(H,23,24,26)/t16-,17?,18?/m1/s1. The summed E-state index contributed by atoms with van der Waals surface area (Å²) in [5.41, 5.74) is 1.83. The molecule has 2 amide bonds. The Bertz CT molecular complexity index is 899. The van der Waals surface area contributed by atoms with E-state index in [4.69, 9.17) is 9.47 Å². The Labute approximate surface area is 172 Å². The minimum absolute atomic E-state index is 0.0671. The van der Waals surface area contributed by atoms with Gasteiger partial charge in [0, 0.05) is 6.54 Å². The molecule has 29 heavy (non-hydrogen) atoms. The van der Waals surface area contributed by atoms with Crippen LogP contribution in [0.25, 0.3) is 0 Å². The van der Waals surface area contributed by atoms with E-state index in [-0.39, 0.29) is 23.8 Å². The molecule has 0 aliphatic carbocycles. The highest BCUT2D eigenvalue weighted by atomic mass is 32.2. The fraction of sp³-hybridized carbons (Fsp3) is 0.286. The maximum atomic E-state index is 12.5. The van der Waals surface area contributed by atoms with Gasteiger partial charge in [-0.15, -0.1) is 0 Å². The Morgan fingerprint density at radius 2 is 1.79 bits per heavy atom. The second kappa shape index (κ2) is 8.67. The third-order valence-corrected chi connectivity index (χ3v) is 5.62. The molecule has 2 unspecified atom stereocenters. The molecule has 3 atom stereocenters. The summed E-state index contributed by atoms with van der Waals surface area (Å²) >= 11 is 1.00. The molecule has 2 N–H and O–H groups in total. The number of carbonyl (C=O) groups excluding carboxylic acids is 3. The van der Waals surface area contributed by atoms with Crippen LogP contribution in [-0.2, 0) is 27.4 Å². The summed E-state index contributed by atoms with van der Waals surface area (Å²) in [6.07, 6.45) is -0.270. The Morgan fingerprint density at radius 1 is 1.07 bits per heavy atom. The molecule has 2 fully saturated rings. The number of carbonyl (C=O) groups is 3. The molecule has 2 heterocycles. The van der Waals surface area contributed by atoms with Gasteiger partial charge in [0.25, 0.3) is 5.24 Å². The molecule has 2 aliphatic rings. The molecular weight excluding hydrogens is 392 g/mol. The van der Waals surface area contributed by atoms with Crippen molar-refractivity contribution < 1.29 is 23.9 Å². The first kappa shape index (κ1) is 19.5. The monoisotopic (exact) mass is 412 g/mol. The summed E-state index contributed by atoms with van der Waals surface area (Å²) in [5.74, 6) is -0.129. The first-order valence-corrected chi connectivity index (χ1v) is 10.2. The van der Waals surface area contributed by atoms with E-state index >= 15 is 0 Å². The summed E-state index contributed by atoms with van der Waals surface area (Å²) in [7, 11) is 0. The highest BCUT2D eigenvalue weighted by Crippen LogP contribution is 2.25. The lowest BCUT2D eigenvalue weighted by Crippen LogP contribution is -2.35. The van der Waals surface area contributed by atoms with Gasteiger partial charge >= 0.3 is 5.97 Å². The summed E-state index contributed by atoms with van der Waals surface area (Å²) < 4.78 is 11.3. The third-order valence-electron chi connectivity index (χ3n) is 4.64. The number of hydrogen-bond donors (Lipinski definition) is 2. The fourth-order valence-electron chi connectivity index (χ4n) is 2.98. The van der Waals surface area contributed by atoms with Gasteiger partial charge in [-0.3, -0.25) is 14.9 Å². The summed E-state index contributed by atoms with van der Waals surface area (Å²) in [6.45, 7) is 0.899. The van der Waals surface area contributed by atoms with Crippen molar-refractivity contribution in [3.05, 3.63) is 65.7 Å². The molecular formula is C21H20N2O5S. The van der Waals surface area contributed by atoms with Crippen molar-refractivity contribution in [3.8, 4) is 5.75 Å². The molecule has 2 aliphatic heterocycles. The van der Waals surface area contributed by atoms with Crippen LogP contribution in [0.1, 0.15) is 11.1 Å². The number of hydrogen-bond acceptors (Lipinski definition) is 7. The van der Waals surface area contributed by atoms with Crippen molar-refractivity contribution in [1.82, 2.24) is 10.6 Å². The van der Waals surface area contributed by atoms with E-state index in [1.165, 1.54) is 0 Å². The van der Waals surface area contributed by atoms with Gasteiger partial charge in [0.15, 0.2) is 0 Å². The van der Waals surface area contributed by atoms with Crippen molar-refractivity contribution in [2.75, 3.05) is 6.54 Å². The first-order valence-electron chi connectivity index (χ1n) is 9.29. The second-order valence-electron chi connectivity index (χ2n) is 6.88. The highest BCUT2D eigenvalue weighted by molar-refractivity contribution is 8.15. The van der Waals surface area contributed by atoms with E-state index in [1.54, 1.807) is 12.1 Å². The Balaban J connectivity index is 1.34. The topological polar surface area (TPSA) is 104 Å². The fourth-order valence-corrected chi connectivity index (χ4v) is 3.84. The minimum Gasteiger partial charge on any atom is -0.477 e. The van der Waals surface area contributed by atoms with Crippen LogP contribution in [0.2, 0.25) is 0 Å². The number of imide groups is 1. The number of nitrogens with one attached hydrogen (secondary N) is 2. The Morgan fingerprint density at radius 3 is 2.41 bits per heavy atom. The zero-order valence-corrected chi connectivity index (χ0v) is 16.3. The number of ether oxygens (including phenoxy) is 2.